The van der Waals surface area contributed by atoms with Gasteiger partial charge in [-0.2, -0.15) is 0 Å². The van der Waals surface area contributed by atoms with E-state index >= 15 is 0 Å². The number of hydrogen-bond donors (Lipinski definition) is 2. The molecule has 2 aliphatic rings. The van der Waals surface area contributed by atoms with Crippen molar-refractivity contribution < 1.29 is 24.2 Å². The van der Waals surface area contributed by atoms with Crippen LogP contribution in [-0.2, 0) is 22.5 Å². The second kappa shape index (κ2) is 7.59. The van der Waals surface area contributed by atoms with Gasteiger partial charge < -0.3 is 14.6 Å². The summed E-state index contributed by atoms with van der Waals surface area (Å²) in [6.45, 7) is 1.03. The molecule has 0 radical (unpaired) electrons. The second-order valence-corrected chi connectivity index (χ2v) is 8.37. The topological polar surface area (TPSA) is 84.9 Å². The summed E-state index contributed by atoms with van der Waals surface area (Å²) in [5.41, 5.74) is 5.45. The van der Waals surface area contributed by atoms with E-state index in [2.05, 4.69) is 29.6 Å². The quantitative estimate of drug-likeness (QED) is 0.627. The van der Waals surface area contributed by atoms with Crippen molar-refractivity contribution in [2.24, 2.45) is 0 Å². The summed E-state index contributed by atoms with van der Waals surface area (Å²) >= 11 is 1.24. The van der Waals surface area contributed by atoms with E-state index in [0.717, 1.165) is 32.7 Å². The van der Waals surface area contributed by atoms with E-state index in [1.54, 1.807) is 0 Å². The van der Waals surface area contributed by atoms with Crippen molar-refractivity contribution in [1.29, 1.82) is 0 Å². The zero-order chi connectivity index (χ0) is 20.7. The highest BCUT2D eigenvalue weighted by Crippen LogP contribution is 2.44. The van der Waals surface area contributed by atoms with E-state index in [4.69, 9.17) is 9.47 Å². The number of thiophene rings is 1. The fourth-order valence-electron chi connectivity index (χ4n) is 4.27. The molecular weight excluding hydrogens is 402 g/mol. The highest BCUT2D eigenvalue weighted by atomic mass is 32.1. The first-order valence-corrected chi connectivity index (χ1v) is 10.5. The molecule has 0 unspecified atom stereocenters. The molecule has 5 rings (SSSR count). The maximum atomic E-state index is 12.5. The standard InChI is InChI=1S/C23H19NO5S/c25-22(26)20-17-9-10-28-12-19(17)30-21(20)24-23(27)29-11-18-15-7-3-1-5-13(15)14-6-2-4-8-16(14)18/h1-8,18H,9-12H2,(H,24,27)(H,25,26). The van der Waals surface area contributed by atoms with Gasteiger partial charge in [-0.3, -0.25) is 5.32 Å². The summed E-state index contributed by atoms with van der Waals surface area (Å²) in [6, 6.07) is 16.2. The number of benzene rings is 2. The van der Waals surface area contributed by atoms with Crippen LogP contribution in [0.2, 0.25) is 0 Å². The minimum Gasteiger partial charge on any atom is -0.478 e. The molecule has 2 N–H and O–H groups in total. The zero-order valence-electron chi connectivity index (χ0n) is 16.0. The van der Waals surface area contributed by atoms with Crippen LogP contribution >= 0.6 is 11.3 Å². The molecular formula is C23H19NO5S. The third kappa shape index (κ3) is 3.16. The number of anilines is 1. The van der Waals surface area contributed by atoms with Gasteiger partial charge in [-0.1, -0.05) is 48.5 Å². The Kier molecular flexibility index (Phi) is 4.77. The highest BCUT2D eigenvalue weighted by Gasteiger charge is 2.30. The number of carbonyl (C=O) groups is 2. The Morgan fingerprint density at radius 3 is 2.43 bits per heavy atom. The Bertz CT molecular complexity index is 1110. The van der Waals surface area contributed by atoms with Crippen molar-refractivity contribution in [3.8, 4) is 11.1 Å². The summed E-state index contributed by atoms with van der Waals surface area (Å²) < 4.78 is 10.9. The van der Waals surface area contributed by atoms with Gasteiger partial charge in [-0.15, -0.1) is 11.3 Å². The summed E-state index contributed by atoms with van der Waals surface area (Å²) in [5, 5.41) is 12.6. The van der Waals surface area contributed by atoms with E-state index in [0.29, 0.717) is 24.6 Å². The van der Waals surface area contributed by atoms with Crippen LogP contribution in [0, 0.1) is 0 Å². The normalized spacial score (nSPS) is 14.5. The van der Waals surface area contributed by atoms with Crippen molar-refractivity contribution in [3.05, 3.63) is 75.7 Å². The molecule has 3 aromatic rings. The van der Waals surface area contributed by atoms with Crippen LogP contribution in [-0.4, -0.2) is 30.4 Å². The van der Waals surface area contributed by atoms with Crippen LogP contribution in [0.25, 0.3) is 11.1 Å². The van der Waals surface area contributed by atoms with E-state index in [9.17, 15) is 14.7 Å². The molecule has 1 aliphatic heterocycles. The van der Waals surface area contributed by atoms with Crippen molar-refractivity contribution in [2.75, 3.05) is 18.5 Å². The number of rotatable bonds is 4. The largest absolute Gasteiger partial charge is 0.478 e. The molecule has 0 spiro atoms. The van der Waals surface area contributed by atoms with E-state index in [1.807, 2.05) is 24.3 Å². The lowest BCUT2D eigenvalue weighted by Crippen LogP contribution is -2.19. The first-order chi connectivity index (χ1) is 14.6. The number of carboxylic acid groups (broad SMARTS) is 1. The van der Waals surface area contributed by atoms with Gasteiger partial charge in [0.05, 0.1) is 18.8 Å². The number of carboxylic acids is 1. The molecule has 0 saturated heterocycles. The number of ether oxygens (including phenoxy) is 2. The third-order valence-electron chi connectivity index (χ3n) is 5.59. The van der Waals surface area contributed by atoms with Crippen LogP contribution in [0.1, 0.15) is 37.8 Å². The lowest BCUT2D eigenvalue weighted by atomic mass is 9.98. The summed E-state index contributed by atoms with van der Waals surface area (Å²) in [6.07, 6.45) is -0.126. The lowest BCUT2D eigenvalue weighted by molar-refractivity contribution is 0.0693. The van der Waals surface area contributed by atoms with Crippen LogP contribution in [0.3, 0.4) is 0 Å². The van der Waals surface area contributed by atoms with Crippen LogP contribution in [0.4, 0.5) is 9.80 Å². The fourth-order valence-corrected chi connectivity index (χ4v) is 5.44. The number of fused-ring (bicyclic) bond motifs is 4. The van der Waals surface area contributed by atoms with Crippen molar-refractivity contribution in [1.82, 2.24) is 0 Å². The molecule has 2 heterocycles. The van der Waals surface area contributed by atoms with Gasteiger partial charge in [0.2, 0.25) is 0 Å². The predicted octanol–water partition coefficient (Wildman–Crippen LogP) is 4.88. The number of aromatic carboxylic acids is 1. The van der Waals surface area contributed by atoms with E-state index in [-0.39, 0.29) is 18.1 Å². The van der Waals surface area contributed by atoms with Gasteiger partial charge in [0.1, 0.15) is 11.6 Å². The van der Waals surface area contributed by atoms with Crippen LogP contribution in [0.5, 0.6) is 0 Å². The minimum absolute atomic E-state index is 0.0490. The molecule has 2 aromatic carbocycles. The number of nitrogens with one attached hydrogen (secondary N) is 1. The number of carbonyl (C=O) groups excluding carboxylic acids is 1. The van der Waals surface area contributed by atoms with Gasteiger partial charge in [0, 0.05) is 10.8 Å². The molecule has 1 aliphatic carbocycles. The molecule has 0 bridgehead atoms. The lowest BCUT2D eigenvalue weighted by Gasteiger charge is -2.14. The van der Waals surface area contributed by atoms with Crippen molar-refractivity contribution >= 4 is 28.4 Å². The Labute approximate surface area is 177 Å². The average Bonchev–Trinajstić information content (AvgIpc) is 3.27. The molecule has 0 fully saturated rings. The van der Waals surface area contributed by atoms with Crippen LogP contribution in [0.15, 0.2) is 48.5 Å². The van der Waals surface area contributed by atoms with Crippen molar-refractivity contribution in [3.63, 3.8) is 0 Å². The molecule has 1 aromatic heterocycles. The maximum Gasteiger partial charge on any atom is 0.412 e. The van der Waals surface area contributed by atoms with Crippen LogP contribution < -0.4 is 5.32 Å². The molecule has 6 nitrogen and oxygen atoms in total. The fraction of sp³-hybridized carbons (Fsp3) is 0.217. The molecule has 1 amide bonds. The number of hydrogen-bond acceptors (Lipinski definition) is 5. The Hall–Kier alpha value is -3.16. The van der Waals surface area contributed by atoms with Crippen molar-refractivity contribution in [2.45, 2.75) is 18.9 Å². The maximum absolute atomic E-state index is 12.5. The first-order valence-electron chi connectivity index (χ1n) is 9.71. The Balaban J connectivity index is 1.34. The van der Waals surface area contributed by atoms with E-state index in [1.165, 1.54) is 11.3 Å². The van der Waals surface area contributed by atoms with Gasteiger partial charge in [-0.05, 0) is 34.2 Å². The molecule has 0 atom stereocenters. The van der Waals surface area contributed by atoms with Gasteiger partial charge in [0.15, 0.2) is 0 Å². The Morgan fingerprint density at radius 2 is 1.77 bits per heavy atom. The monoisotopic (exact) mass is 421 g/mol. The number of amides is 1. The Morgan fingerprint density at radius 1 is 1.10 bits per heavy atom. The molecule has 7 heteroatoms. The molecule has 0 saturated carbocycles. The predicted molar refractivity (Wildman–Crippen MR) is 113 cm³/mol. The summed E-state index contributed by atoms with van der Waals surface area (Å²) in [4.78, 5) is 25.1. The van der Waals surface area contributed by atoms with Gasteiger partial charge in [-0.25, -0.2) is 9.59 Å². The summed E-state index contributed by atoms with van der Waals surface area (Å²) in [5.74, 6) is -1.10. The SMILES string of the molecule is O=C(Nc1sc2c(c1C(=O)O)CCOC2)OCC1c2ccccc2-c2ccccc21. The second-order valence-electron chi connectivity index (χ2n) is 7.27. The van der Waals surface area contributed by atoms with Gasteiger partial charge in [0.25, 0.3) is 0 Å². The highest BCUT2D eigenvalue weighted by molar-refractivity contribution is 7.16. The molecule has 152 valence electrons. The first kappa shape index (κ1) is 18.8. The smallest absolute Gasteiger partial charge is 0.412 e. The van der Waals surface area contributed by atoms with Gasteiger partial charge >= 0.3 is 12.1 Å². The average molecular weight is 421 g/mol. The summed E-state index contributed by atoms with van der Waals surface area (Å²) in [7, 11) is 0. The zero-order valence-corrected chi connectivity index (χ0v) is 16.8. The van der Waals surface area contributed by atoms with E-state index < -0.39 is 12.1 Å². The molecule has 30 heavy (non-hydrogen) atoms. The minimum atomic E-state index is -1.05. The third-order valence-corrected chi connectivity index (χ3v) is 6.71.